The second-order valence-corrected chi connectivity index (χ2v) is 8.93. The van der Waals surface area contributed by atoms with Crippen LogP contribution in [0.15, 0.2) is 79.5 Å². The van der Waals surface area contributed by atoms with Gasteiger partial charge in [0.15, 0.2) is 5.82 Å². The number of allylic oxidation sites excluding steroid dienone is 1. The van der Waals surface area contributed by atoms with E-state index in [9.17, 15) is 0 Å². The van der Waals surface area contributed by atoms with Gasteiger partial charge in [-0.3, -0.25) is 0 Å². The first kappa shape index (κ1) is 18.0. The third-order valence-corrected chi connectivity index (χ3v) is 7.30. The minimum atomic E-state index is -0.172. The number of benzene rings is 2. The van der Waals surface area contributed by atoms with Crippen molar-refractivity contribution in [1.82, 2.24) is 4.98 Å². The van der Waals surface area contributed by atoms with E-state index < -0.39 is 0 Å². The van der Waals surface area contributed by atoms with Gasteiger partial charge in [-0.2, -0.15) is 0 Å². The maximum absolute atomic E-state index is 4.79. The number of anilines is 3. The van der Waals surface area contributed by atoms with Crippen molar-refractivity contribution in [3.63, 3.8) is 0 Å². The standard InChI is InChI=1S/C26H27N3/c1-6-26(4)20-15-14-19(18-11-8-7-9-12-18)17-22(20)29-23-21(13-10-16-27-23)28(5)24(29)25(26,2)3/h6-17,24H,1H2,2-5H3. The quantitative estimate of drug-likeness (QED) is 0.497. The fourth-order valence-electron chi connectivity index (χ4n) is 5.29. The van der Waals surface area contributed by atoms with Gasteiger partial charge in [-0.15, -0.1) is 6.58 Å². The predicted octanol–water partition coefficient (Wildman–Crippen LogP) is 6.15. The van der Waals surface area contributed by atoms with Crippen LogP contribution < -0.4 is 9.80 Å². The van der Waals surface area contributed by atoms with Crippen LogP contribution in [0.2, 0.25) is 0 Å². The lowest BCUT2D eigenvalue weighted by atomic mass is 9.58. The molecule has 3 heteroatoms. The third-order valence-electron chi connectivity index (χ3n) is 7.30. The van der Waals surface area contributed by atoms with Gasteiger partial charge in [0.1, 0.15) is 6.17 Å². The van der Waals surface area contributed by atoms with Crippen LogP contribution in [0, 0.1) is 5.41 Å². The Hall–Kier alpha value is -3.07. The van der Waals surface area contributed by atoms with Crippen LogP contribution in [-0.4, -0.2) is 18.2 Å². The topological polar surface area (TPSA) is 19.4 Å². The van der Waals surface area contributed by atoms with Crippen molar-refractivity contribution in [3.05, 3.63) is 85.1 Å². The van der Waals surface area contributed by atoms with E-state index in [1.54, 1.807) is 0 Å². The molecule has 2 aliphatic rings. The molecule has 29 heavy (non-hydrogen) atoms. The molecule has 3 heterocycles. The Morgan fingerprint density at radius 3 is 2.41 bits per heavy atom. The summed E-state index contributed by atoms with van der Waals surface area (Å²) in [7, 11) is 2.18. The normalized spacial score (nSPS) is 23.9. The van der Waals surface area contributed by atoms with Crippen LogP contribution in [0.1, 0.15) is 26.3 Å². The highest BCUT2D eigenvalue weighted by atomic mass is 15.4. The number of hydrogen-bond donors (Lipinski definition) is 0. The lowest BCUT2D eigenvalue weighted by Gasteiger charge is -2.56. The van der Waals surface area contributed by atoms with E-state index in [1.165, 1.54) is 28.1 Å². The highest BCUT2D eigenvalue weighted by Crippen LogP contribution is 2.60. The molecule has 1 aromatic heterocycles. The predicted molar refractivity (Wildman–Crippen MR) is 122 cm³/mol. The third kappa shape index (κ3) is 2.21. The molecule has 3 aromatic rings. The largest absolute Gasteiger partial charge is 0.350 e. The first-order chi connectivity index (χ1) is 13.9. The molecule has 0 aliphatic carbocycles. The minimum Gasteiger partial charge on any atom is -0.350 e. The summed E-state index contributed by atoms with van der Waals surface area (Å²) >= 11 is 0. The second-order valence-electron chi connectivity index (χ2n) is 8.93. The van der Waals surface area contributed by atoms with E-state index >= 15 is 0 Å². The fraction of sp³-hybridized carbons (Fsp3) is 0.269. The Kier molecular flexibility index (Phi) is 3.70. The zero-order valence-corrected chi connectivity index (χ0v) is 17.6. The average Bonchev–Trinajstić information content (AvgIpc) is 3.06. The van der Waals surface area contributed by atoms with Crippen LogP contribution in [0.25, 0.3) is 11.1 Å². The molecule has 2 aliphatic heterocycles. The van der Waals surface area contributed by atoms with Crippen molar-refractivity contribution in [2.45, 2.75) is 32.4 Å². The van der Waals surface area contributed by atoms with Crippen LogP contribution in [-0.2, 0) is 5.41 Å². The van der Waals surface area contributed by atoms with Crippen LogP contribution in [0.3, 0.4) is 0 Å². The van der Waals surface area contributed by atoms with Gasteiger partial charge in [-0.1, -0.05) is 69.3 Å². The molecule has 2 unspecified atom stereocenters. The molecule has 5 rings (SSSR count). The number of fused-ring (bicyclic) bond motifs is 5. The molecule has 146 valence electrons. The SMILES string of the molecule is C=CC1(C)c2ccc(-c3ccccc3)cc2N2c3ncccc3N(C)C2C1(C)C. The first-order valence-electron chi connectivity index (χ1n) is 10.2. The summed E-state index contributed by atoms with van der Waals surface area (Å²) in [6, 6.07) is 21.6. The summed E-state index contributed by atoms with van der Waals surface area (Å²) in [5.74, 6) is 1.03. The Labute approximate surface area is 173 Å². The van der Waals surface area contributed by atoms with E-state index in [2.05, 4.69) is 105 Å². The monoisotopic (exact) mass is 381 g/mol. The number of nitrogens with zero attached hydrogens (tertiary/aromatic N) is 3. The molecule has 0 amide bonds. The number of hydrogen-bond acceptors (Lipinski definition) is 3. The summed E-state index contributed by atoms with van der Waals surface area (Å²) in [5.41, 5.74) is 5.91. The second kappa shape index (κ2) is 5.96. The molecule has 0 spiro atoms. The Morgan fingerprint density at radius 1 is 0.931 bits per heavy atom. The van der Waals surface area contributed by atoms with Crippen molar-refractivity contribution in [3.8, 4) is 11.1 Å². The molecule has 3 nitrogen and oxygen atoms in total. The van der Waals surface area contributed by atoms with E-state index in [1.807, 2.05) is 12.3 Å². The zero-order valence-electron chi connectivity index (χ0n) is 17.6. The molecule has 2 atom stereocenters. The minimum absolute atomic E-state index is 0.0779. The number of rotatable bonds is 2. The first-order valence-corrected chi connectivity index (χ1v) is 10.2. The average molecular weight is 382 g/mol. The lowest BCUT2D eigenvalue weighted by molar-refractivity contribution is 0.168. The fourth-order valence-corrected chi connectivity index (χ4v) is 5.29. The van der Waals surface area contributed by atoms with Crippen molar-refractivity contribution >= 4 is 17.2 Å². The highest BCUT2D eigenvalue weighted by molar-refractivity contribution is 5.86. The molecular formula is C26H27N3. The Balaban J connectivity index is 1.82. The van der Waals surface area contributed by atoms with Crippen molar-refractivity contribution in [2.75, 3.05) is 16.8 Å². The molecule has 0 saturated carbocycles. The molecule has 0 fully saturated rings. The van der Waals surface area contributed by atoms with E-state index in [4.69, 9.17) is 4.98 Å². The highest BCUT2D eigenvalue weighted by Gasteiger charge is 2.57. The summed E-state index contributed by atoms with van der Waals surface area (Å²) in [6.45, 7) is 11.3. The molecular weight excluding hydrogens is 354 g/mol. The maximum Gasteiger partial charge on any atom is 0.158 e. The van der Waals surface area contributed by atoms with Gasteiger partial charge >= 0.3 is 0 Å². The van der Waals surface area contributed by atoms with E-state index in [0.717, 1.165) is 5.82 Å². The summed E-state index contributed by atoms with van der Waals surface area (Å²) in [4.78, 5) is 9.60. The number of aromatic nitrogens is 1. The summed E-state index contributed by atoms with van der Waals surface area (Å²) < 4.78 is 0. The lowest BCUT2D eigenvalue weighted by Crippen LogP contribution is -2.60. The van der Waals surface area contributed by atoms with Gasteiger partial charge in [0.2, 0.25) is 0 Å². The van der Waals surface area contributed by atoms with Crippen molar-refractivity contribution in [1.29, 1.82) is 0 Å². The molecule has 0 bridgehead atoms. The van der Waals surface area contributed by atoms with Gasteiger partial charge in [-0.25, -0.2) is 4.98 Å². The Morgan fingerprint density at radius 2 is 1.69 bits per heavy atom. The molecule has 0 N–H and O–H groups in total. The van der Waals surface area contributed by atoms with Crippen LogP contribution >= 0.6 is 0 Å². The molecule has 0 radical (unpaired) electrons. The number of pyridine rings is 1. The maximum atomic E-state index is 4.79. The van der Waals surface area contributed by atoms with Gasteiger partial charge in [-0.05, 0) is 34.9 Å². The zero-order chi connectivity index (χ0) is 20.4. The molecule has 2 aromatic carbocycles. The van der Waals surface area contributed by atoms with Gasteiger partial charge in [0, 0.05) is 29.8 Å². The van der Waals surface area contributed by atoms with E-state index in [-0.39, 0.29) is 17.0 Å². The van der Waals surface area contributed by atoms with Crippen LogP contribution in [0.5, 0.6) is 0 Å². The summed E-state index contributed by atoms with van der Waals surface area (Å²) in [5, 5.41) is 0. The van der Waals surface area contributed by atoms with E-state index in [0.29, 0.717) is 0 Å². The summed E-state index contributed by atoms with van der Waals surface area (Å²) in [6.07, 6.45) is 4.19. The van der Waals surface area contributed by atoms with Crippen LogP contribution in [0.4, 0.5) is 17.2 Å². The Bertz CT molecular complexity index is 1100. The van der Waals surface area contributed by atoms with Gasteiger partial charge in [0.25, 0.3) is 0 Å². The van der Waals surface area contributed by atoms with Crippen molar-refractivity contribution < 1.29 is 0 Å². The smallest absolute Gasteiger partial charge is 0.158 e. The van der Waals surface area contributed by atoms with Gasteiger partial charge in [0.05, 0.1) is 5.69 Å². The molecule has 0 saturated heterocycles. The van der Waals surface area contributed by atoms with Crippen molar-refractivity contribution in [2.24, 2.45) is 5.41 Å². The van der Waals surface area contributed by atoms with Gasteiger partial charge < -0.3 is 9.80 Å².